The van der Waals surface area contributed by atoms with Gasteiger partial charge in [-0.15, -0.1) is 0 Å². The molecule has 222 valence electrons. The summed E-state index contributed by atoms with van der Waals surface area (Å²) in [5.41, 5.74) is 8.41. The number of thioether (sulfide) groups is 2. The van der Waals surface area contributed by atoms with E-state index in [0.717, 1.165) is 16.5 Å². The van der Waals surface area contributed by atoms with Crippen LogP contribution >= 0.6 is 23.5 Å². The van der Waals surface area contributed by atoms with E-state index in [2.05, 4.69) is 30.9 Å². The third kappa shape index (κ3) is 9.54. The number of rotatable bonds is 17. The molecule has 12 nitrogen and oxygen atoms in total. The second-order valence-corrected chi connectivity index (χ2v) is 11.5. The van der Waals surface area contributed by atoms with Gasteiger partial charge in [0.2, 0.25) is 17.7 Å². The highest BCUT2D eigenvalue weighted by atomic mass is 32.2. The summed E-state index contributed by atoms with van der Waals surface area (Å²) >= 11 is 2.98. The van der Waals surface area contributed by atoms with Crippen LogP contribution in [0.3, 0.4) is 0 Å². The number of aromatic amines is 2. The highest BCUT2D eigenvalue weighted by molar-refractivity contribution is 7.98. The zero-order chi connectivity index (χ0) is 29.8. The molecule has 4 atom stereocenters. The molecular weight excluding hydrogens is 566 g/mol. The smallest absolute Gasteiger partial charge is 0.326 e. The Morgan fingerprint density at radius 1 is 0.902 bits per heavy atom. The van der Waals surface area contributed by atoms with Crippen molar-refractivity contribution in [3.05, 3.63) is 54.2 Å². The van der Waals surface area contributed by atoms with Gasteiger partial charge in [-0.05, 0) is 48.5 Å². The van der Waals surface area contributed by atoms with Gasteiger partial charge in [0.15, 0.2) is 0 Å². The predicted molar refractivity (Wildman–Crippen MR) is 162 cm³/mol. The van der Waals surface area contributed by atoms with Crippen molar-refractivity contribution < 1.29 is 24.3 Å². The number of nitrogens with two attached hydrogens (primary N) is 1. The van der Waals surface area contributed by atoms with E-state index < -0.39 is 47.9 Å². The minimum Gasteiger partial charge on any atom is -0.480 e. The molecule has 0 aliphatic carbocycles. The first-order valence-corrected chi connectivity index (χ1v) is 15.9. The zero-order valence-corrected chi connectivity index (χ0v) is 24.6. The highest BCUT2D eigenvalue weighted by Gasteiger charge is 2.31. The van der Waals surface area contributed by atoms with E-state index in [4.69, 9.17) is 5.73 Å². The van der Waals surface area contributed by atoms with E-state index in [1.54, 1.807) is 12.4 Å². The fourth-order valence-electron chi connectivity index (χ4n) is 4.28. The Bertz CT molecular complexity index is 1300. The van der Waals surface area contributed by atoms with E-state index in [0.29, 0.717) is 23.6 Å². The average Bonchev–Trinajstić information content (AvgIpc) is 3.62. The van der Waals surface area contributed by atoms with Gasteiger partial charge in [-0.3, -0.25) is 14.4 Å². The van der Waals surface area contributed by atoms with Gasteiger partial charge in [0, 0.05) is 41.8 Å². The number of carbonyl (C=O) groups excluding carboxylic acids is 3. The van der Waals surface area contributed by atoms with Crippen LogP contribution in [0.4, 0.5) is 0 Å². The number of carboxylic acid groups (broad SMARTS) is 1. The fourth-order valence-corrected chi connectivity index (χ4v) is 5.22. The number of para-hydroxylation sites is 1. The topological polar surface area (TPSA) is 195 Å². The third-order valence-electron chi connectivity index (χ3n) is 6.53. The van der Waals surface area contributed by atoms with Crippen molar-refractivity contribution in [1.82, 2.24) is 30.9 Å². The molecule has 0 aliphatic rings. The van der Waals surface area contributed by atoms with Gasteiger partial charge in [-0.25, -0.2) is 9.78 Å². The molecule has 2 heterocycles. The Balaban J connectivity index is 1.80. The Hall–Kier alpha value is -3.49. The minimum absolute atomic E-state index is 0.110. The molecule has 8 N–H and O–H groups in total. The van der Waals surface area contributed by atoms with Crippen molar-refractivity contribution in [2.75, 3.05) is 24.0 Å². The monoisotopic (exact) mass is 603 g/mol. The number of imidazole rings is 1. The van der Waals surface area contributed by atoms with E-state index in [1.165, 1.54) is 29.9 Å². The Labute approximate surface area is 246 Å². The predicted octanol–water partition coefficient (Wildman–Crippen LogP) is 1.05. The highest BCUT2D eigenvalue weighted by Crippen LogP contribution is 2.19. The first-order chi connectivity index (χ1) is 19.7. The maximum atomic E-state index is 13.5. The summed E-state index contributed by atoms with van der Waals surface area (Å²) in [6.45, 7) is 0. The Kier molecular flexibility index (Phi) is 12.6. The first-order valence-electron chi connectivity index (χ1n) is 13.1. The van der Waals surface area contributed by atoms with Gasteiger partial charge in [0.1, 0.15) is 18.1 Å². The normalized spacial score (nSPS) is 14.1. The van der Waals surface area contributed by atoms with Crippen LogP contribution in [0.2, 0.25) is 0 Å². The number of carbonyl (C=O) groups is 4. The van der Waals surface area contributed by atoms with Crippen LogP contribution in [0.25, 0.3) is 10.9 Å². The van der Waals surface area contributed by atoms with Crippen LogP contribution < -0.4 is 21.7 Å². The van der Waals surface area contributed by atoms with Crippen molar-refractivity contribution in [3.63, 3.8) is 0 Å². The lowest BCUT2D eigenvalue weighted by molar-refractivity contribution is -0.142. The van der Waals surface area contributed by atoms with Gasteiger partial charge in [0.05, 0.1) is 12.4 Å². The maximum Gasteiger partial charge on any atom is 0.326 e. The lowest BCUT2D eigenvalue weighted by Gasteiger charge is -2.25. The molecule has 0 saturated heterocycles. The Morgan fingerprint density at radius 2 is 1.54 bits per heavy atom. The number of amides is 3. The van der Waals surface area contributed by atoms with Crippen LogP contribution in [0, 0.1) is 0 Å². The van der Waals surface area contributed by atoms with E-state index >= 15 is 0 Å². The number of carboxylic acids is 1. The van der Waals surface area contributed by atoms with E-state index in [1.807, 2.05) is 36.8 Å². The van der Waals surface area contributed by atoms with Crippen molar-refractivity contribution >= 4 is 58.1 Å². The van der Waals surface area contributed by atoms with Crippen molar-refractivity contribution in [3.8, 4) is 0 Å². The molecule has 0 saturated carbocycles. The van der Waals surface area contributed by atoms with Crippen LogP contribution in [-0.4, -0.2) is 91.9 Å². The molecule has 0 fully saturated rings. The standard InChI is InChI=1S/C27H37N7O5S2/c1-40-9-7-21(32-24(35)19(28)12-17-14-29-15-31-17)25(36)34-23(26(37)33-22(27(38)39)8-10-41-2)11-16-13-30-20-6-4-3-5-18(16)20/h3-6,13-15,19,21-23,30H,7-12,28H2,1-2H3,(H,29,31)(H,32,35)(H,33,37)(H,34,36)(H,38,39). The second kappa shape index (κ2) is 16.1. The van der Waals surface area contributed by atoms with Crippen LogP contribution in [0.1, 0.15) is 24.1 Å². The largest absolute Gasteiger partial charge is 0.480 e. The molecule has 41 heavy (non-hydrogen) atoms. The summed E-state index contributed by atoms with van der Waals surface area (Å²) in [5, 5.41) is 18.6. The Morgan fingerprint density at radius 3 is 2.20 bits per heavy atom. The summed E-state index contributed by atoms with van der Waals surface area (Å²) in [7, 11) is 0. The van der Waals surface area contributed by atoms with Gasteiger partial charge in [-0.2, -0.15) is 23.5 Å². The minimum atomic E-state index is -1.15. The molecule has 2 aromatic heterocycles. The van der Waals surface area contributed by atoms with Crippen LogP contribution in [0.15, 0.2) is 43.0 Å². The molecule has 3 amide bonds. The maximum absolute atomic E-state index is 13.5. The second-order valence-electron chi connectivity index (χ2n) is 9.54. The number of nitrogens with one attached hydrogen (secondary N) is 5. The van der Waals surface area contributed by atoms with Crippen LogP contribution in [0.5, 0.6) is 0 Å². The zero-order valence-electron chi connectivity index (χ0n) is 23.0. The van der Waals surface area contributed by atoms with Crippen molar-refractivity contribution in [1.29, 1.82) is 0 Å². The van der Waals surface area contributed by atoms with E-state index in [-0.39, 0.29) is 19.3 Å². The molecule has 4 unspecified atom stereocenters. The molecular formula is C27H37N7O5S2. The summed E-state index contributed by atoms with van der Waals surface area (Å²) in [5.74, 6) is -1.73. The summed E-state index contributed by atoms with van der Waals surface area (Å²) < 4.78 is 0. The van der Waals surface area contributed by atoms with Gasteiger partial charge in [-0.1, -0.05) is 18.2 Å². The lowest BCUT2D eigenvalue weighted by atomic mass is 10.0. The number of aromatic nitrogens is 3. The molecule has 0 spiro atoms. The quantitative estimate of drug-likeness (QED) is 0.118. The van der Waals surface area contributed by atoms with Gasteiger partial charge >= 0.3 is 5.97 Å². The fraction of sp³-hybridized carbons (Fsp3) is 0.444. The third-order valence-corrected chi connectivity index (χ3v) is 7.82. The summed E-state index contributed by atoms with van der Waals surface area (Å²) in [6, 6.07) is 3.49. The first kappa shape index (κ1) is 32.0. The number of nitrogens with zero attached hydrogens (tertiary/aromatic N) is 1. The number of hydrogen-bond donors (Lipinski definition) is 7. The van der Waals surface area contributed by atoms with Gasteiger partial charge < -0.3 is 36.8 Å². The molecule has 1 aromatic carbocycles. The molecule has 3 rings (SSSR count). The number of aliphatic carboxylic acids is 1. The average molecular weight is 604 g/mol. The number of H-pyrrole nitrogens is 2. The molecule has 14 heteroatoms. The van der Waals surface area contributed by atoms with Crippen molar-refractivity contribution in [2.45, 2.75) is 49.9 Å². The summed E-state index contributed by atoms with van der Waals surface area (Å²) in [6.07, 6.45) is 9.42. The van der Waals surface area contributed by atoms with E-state index in [9.17, 15) is 24.3 Å². The molecule has 0 bridgehead atoms. The number of fused-ring (bicyclic) bond motifs is 1. The SMILES string of the molecule is CSCCC(NC(=O)C(Cc1c[nH]c2ccccc12)NC(=O)C(CCSC)NC(=O)C(N)Cc1cnc[nH]1)C(=O)O. The molecule has 3 aromatic rings. The number of hydrogen-bond acceptors (Lipinski definition) is 8. The molecule has 0 radical (unpaired) electrons. The van der Waals surface area contributed by atoms with Gasteiger partial charge in [0.25, 0.3) is 0 Å². The molecule has 0 aliphatic heterocycles. The number of benzene rings is 1. The lowest BCUT2D eigenvalue weighted by Crippen LogP contribution is -2.58. The summed E-state index contributed by atoms with van der Waals surface area (Å²) in [4.78, 5) is 61.6. The van der Waals surface area contributed by atoms with Crippen LogP contribution in [-0.2, 0) is 32.0 Å². The van der Waals surface area contributed by atoms with Crippen molar-refractivity contribution in [2.24, 2.45) is 5.73 Å².